The Morgan fingerprint density at radius 3 is 2.39 bits per heavy atom. The third-order valence-corrected chi connectivity index (χ3v) is 8.48. The zero-order valence-corrected chi connectivity index (χ0v) is 25.9. The monoisotopic (exact) mass is 640 g/mol. The minimum atomic E-state index is -0.748. The van der Waals surface area contributed by atoms with Gasteiger partial charge >= 0.3 is 5.97 Å². The Labute approximate surface area is 267 Å². The first-order chi connectivity index (χ1) is 21.4. The van der Waals surface area contributed by atoms with E-state index in [9.17, 15) is 9.59 Å². The second-order valence-electron chi connectivity index (χ2n) is 9.94. The number of fused-ring (bicyclic) bond motifs is 1. The first kappa shape index (κ1) is 29.6. The number of hydrogen-bond donors (Lipinski definition) is 0. The van der Waals surface area contributed by atoms with Crippen molar-refractivity contribution >= 4 is 52.3 Å². The Morgan fingerprint density at radius 1 is 0.932 bits per heavy atom. The fraction of sp³-hybridized carbons (Fsp3) is 0.114. The van der Waals surface area contributed by atoms with Gasteiger partial charge in [0.1, 0.15) is 12.4 Å². The third-order valence-electron chi connectivity index (χ3n) is 7.03. The van der Waals surface area contributed by atoms with Crippen LogP contribution in [0, 0.1) is 0 Å². The molecule has 0 aliphatic carbocycles. The summed E-state index contributed by atoms with van der Waals surface area (Å²) in [4.78, 5) is 33.1. The molecule has 2 heterocycles. The quantitative estimate of drug-likeness (QED) is 0.175. The molecule has 44 heavy (non-hydrogen) atoms. The Morgan fingerprint density at radius 2 is 1.66 bits per heavy atom. The van der Waals surface area contributed by atoms with Crippen molar-refractivity contribution in [1.82, 2.24) is 4.57 Å². The minimum absolute atomic E-state index is 0.184. The van der Waals surface area contributed by atoms with Crippen molar-refractivity contribution in [1.29, 1.82) is 0 Å². The van der Waals surface area contributed by atoms with Gasteiger partial charge in [-0.25, -0.2) is 9.79 Å². The number of benzene rings is 4. The predicted octanol–water partition coefficient (Wildman–Crippen LogP) is 6.82. The van der Waals surface area contributed by atoms with E-state index >= 15 is 0 Å². The van der Waals surface area contributed by atoms with E-state index in [4.69, 9.17) is 37.7 Å². The fourth-order valence-corrected chi connectivity index (χ4v) is 6.47. The van der Waals surface area contributed by atoms with E-state index in [2.05, 4.69) is 0 Å². The molecule has 0 fully saturated rings. The van der Waals surface area contributed by atoms with E-state index in [0.29, 0.717) is 42.0 Å². The van der Waals surface area contributed by atoms with Crippen LogP contribution in [0.3, 0.4) is 0 Å². The Kier molecular flexibility index (Phi) is 8.79. The van der Waals surface area contributed by atoms with Crippen molar-refractivity contribution in [3.8, 4) is 5.75 Å². The molecule has 0 saturated carbocycles. The van der Waals surface area contributed by atoms with Gasteiger partial charge in [-0.3, -0.25) is 9.36 Å². The molecule has 4 aromatic carbocycles. The Hall–Kier alpha value is -4.43. The maximum Gasteiger partial charge on any atom is 0.338 e. The molecule has 0 unspecified atom stereocenters. The van der Waals surface area contributed by atoms with Gasteiger partial charge in [-0.15, -0.1) is 0 Å². The number of thiazole rings is 1. The molecule has 0 amide bonds. The molecule has 0 spiro atoms. The maximum atomic E-state index is 14.2. The molecule has 9 heteroatoms. The first-order valence-electron chi connectivity index (χ1n) is 13.9. The van der Waals surface area contributed by atoms with Gasteiger partial charge in [0.15, 0.2) is 4.80 Å². The van der Waals surface area contributed by atoms with Crippen LogP contribution in [0.25, 0.3) is 11.8 Å². The van der Waals surface area contributed by atoms with E-state index in [1.165, 1.54) is 11.3 Å². The predicted molar refractivity (Wildman–Crippen MR) is 175 cm³/mol. The molecule has 0 saturated heterocycles. The van der Waals surface area contributed by atoms with Gasteiger partial charge in [0.2, 0.25) is 0 Å². The van der Waals surface area contributed by atoms with E-state index in [-0.39, 0.29) is 18.8 Å². The Bertz CT molecular complexity index is 2050. The molecule has 1 atom stereocenters. The smallest absolute Gasteiger partial charge is 0.338 e. The second-order valence-corrected chi connectivity index (χ2v) is 11.8. The third kappa shape index (κ3) is 6.13. The molecule has 1 aromatic heterocycles. The molecule has 0 radical (unpaired) electrons. The summed E-state index contributed by atoms with van der Waals surface area (Å²) in [5, 5.41) is 1.12. The maximum absolute atomic E-state index is 14.2. The highest BCUT2D eigenvalue weighted by atomic mass is 35.5. The highest BCUT2D eigenvalue weighted by Crippen LogP contribution is 2.35. The number of nitrogens with zero attached hydrogens (tertiary/aromatic N) is 2. The summed E-state index contributed by atoms with van der Waals surface area (Å²) in [6.45, 7) is 2.22. The molecule has 6 nitrogen and oxygen atoms in total. The van der Waals surface area contributed by atoms with E-state index < -0.39 is 12.0 Å². The van der Waals surface area contributed by atoms with Crippen molar-refractivity contribution in [2.24, 2.45) is 4.99 Å². The zero-order chi connectivity index (χ0) is 30.6. The van der Waals surface area contributed by atoms with Crippen LogP contribution in [0.1, 0.15) is 35.2 Å². The number of rotatable bonds is 8. The lowest BCUT2D eigenvalue weighted by molar-refractivity contribution is -0.138. The summed E-state index contributed by atoms with van der Waals surface area (Å²) in [6.07, 6.45) is 1.75. The lowest BCUT2D eigenvalue weighted by Crippen LogP contribution is -2.40. The highest BCUT2D eigenvalue weighted by Gasteiger charge is 2.35. The van der Waals surface area contributed by atoms with Crippen LogP contribution in [0.5, 0.6) is 5.75 Å². The molecular formula is C35H26Cl2N2O4S. The van der Waals surface area contributed by atoms with Gasteiger partial charge in [0.25, 0.3) is 5.56 Å². The molecule has 220 valence electrons. The van der Waals surface area contributed by atoms with Gasteiger partial charge in [0, 0.05) is 21.2 Å². The van der Waals surface area contributed by atoms with Crippen molar-refractivity contribution in [2.75, 3.05) is 6.61 Å². The van der Waals surface area contributed by atoms with Crippen LogP contribution >= 0.6 is 34.5 Å². The van der Waals surface area contributed by atoms with Crippen LogP contribution in [0.4, 0.5) is 0 Å². The van der Waals surface area contributed by atoms with Crippen LogP contribution in [-0.2, 0) is 16.1 Å². The summed E-state index contributed by atoms with van der Waals surface area (Å²) in [7, 11) is 0. The van der Waals surface area contributed by atoms with E-state index in [1.807, 2.05) is 78.9 Å². The van der Waals surface area contributed by atoms with Crippen molar-refractivity contribution in [2.45, 2.75) is 19.6 Å². The normalized spacial score (nSPS) is 14.6. The number of aromatic nitrogens is 1. The summed E-state index contributed by atoms with van der Waals surface area (Å²) >= 11 is 13.8. The van der Waals surface area contributed by atoms with Gasteiger partial charge in [-0.1, -0.05) is 107 Å². The van der Waals surface area contributed by atoms with E-state index in [0.717, 1.165) is 16.7 Å². The number of halogens is 2. The number of carbonyl (C=O) groups excluding carboxylic acids is 1. The first-order valence-corrected chi connectivity index (χ1v) is 15.5. The molecule has 6 rings (SSSR count). The second kappa shape index (κ2) is 13.1. The lowest BCUT2D eigenvalue weighted by atomic mass is 9.93. The molecule has 0 bridgehead atoms. The number of carbonyl (C=O) groups is 1. The SMILES string of the molecule is CCOC(=O)C1=C(c2ccccc2)N=c2s/c(=C\c3cc(Cl)ccc3OCc3cccc(Cl)c3)c(=O)n2[C@@H]1c1ccccc1. The topological polar surface area (TPSA) is 69.9 Å². The van der Waals surface area contributed by atoms with Crippen LogP contribution in [0.2, 0.25) is 10.0 Å². The van der Waals surface area contributed by atoms with Crippen LogP contribution in [0.15, 0.2) is 118 Å². The van der Waals surface area contributed by atoms with Gasteiger partial charge in [0.05, 0.1) is 28.5 Å². The fourth-order valence-electron chi connectivity index (χ4n) is 5.08. The average molecular weight is 642 g/mol. The van der Waals surface area contributed by atoms with Crippen molar-refractivity contribution in [3.05, 3.63) is 161 Å². The largest absolute Gasteiger partial charge is 0.488 e. The molecule has 0 N–H and O–H groups in total. The standard InChI is InChI=1S/C35H26Cl2N2O4S/c1-2-42-34(41)30-31(23-11-5-3-6-12-23)38-35-39(32(30)24-13-7-4-8-14-24)33(40)29(44-35)20-25-19-27(37)16-17-28(25)43-21-22-10-9-15-26(36)18-22/h3-20,32H,2,21H2,1H3/b29-20-/t32-/m1/s1. The number of hydrogen-bond acceptors (Lipinski definition) is 6. The number of ether oxygens (including phenoxy) is 2. The zero-order valence-electron chi connectivity index (χ0n) is 23.6. The summed E-state index contributed by atoms with van der Waals surface area (Å²) in [5.41, 5.74) is 3.53. The molecule has 1 aliphatic rings. The van der Waals surface area contributed by atoms with Gasteiger partial charge in [-0.2, -0.15) is 0 Å². The molecular weight excluding hydrogens is 615 g/mol. The van der Waals surface area contributed by atoms with Gasteiger partial charge in [-0.05, 0) is 54.5 Å². The summed E-state index contributed by atoms with van der Waals surface area (Å²) < 4.78 is 13.7. The van der Waals surface area contributed by atoms with Crippen LogP contribution < -0.4 is 19.6 Å². The van der Waals surface area contributed by atoms with Crippen molar-refractivity contribution < 1.29 is 14.3 Å². The Balaban J connectivity index is 1.53. The summed E-state index contributed by atoms with van der Waals surface area (Å²) in [5.74, 6) is 0.0294. The number of esters is 1. The van der Waals surface area contributed by atoms with Crippen LogP contribution in [-0.4, -0.2) is 17.1 Å². The van der Waals surface area contributed by atoms with E-state index in [1.54, 1.807) is 41.8 Å². The molecule has 5 aromatic rings. The molecule has 1 aliphatic heterocycles. The van der Waals surface area contributed by atoms with Crippen molar-refractivity contribution in [3.63, 3.8) is 0 Å². The van der Waals surface area contributed by atoms with Gasteiger partial charge < -0.3 is 9.47 Å². The lowest BCUT2D eigenvalue weighted by Gasteiger charge is -2.25. The highest BCUT2D eigenvalue weighted by molar-refractivity contribution is 7.07. The summed E-state index contributed by atoms with van der Waals surface area (Å²) in [6, 6.07) is 30.8. The average Bonchev–Trinajstić information content (AvgIpc) is 3.35. The minimum Gasteiger partial charge on any atom is -0.488 e.